The van der Waals surface area contributed by atoms with Gasteiger partial charge in [0.15, 0.2) is 5.78 Å². The highest BCUT2D eigenvalue weighted by Crippen LogP contribution is 2.68. The Hall–Kier alpha value is -1.88. The summed E-state index contributed by atoms with van der Waals surface area (Å²) in [6.07, 6.45) is 3.49. The summed E-state index contributed by atoms with van der Waals surface area (Å²) in [6, 6.07) is 6.55. The van der Waals surface area contributed by atoms with Gasteiger partial charge in [-0.15, -0.1) is 0 Å². The standard InChI is InChI=1S/C27H39NO4/c1-8-32-24(30)27(23(29)12-9-17(2)3)16-26(5)21-13-18-10-11-19(31-7)14-20(18)25(26,4)15-22(27)28(21)6/h10-11,14,17,21-22H,8-9,12-13,15-16H2,1-7H3/t21?,22?,25-,26+,27?/m0/s1. The lowest BCUT2D eigenvalue weighted by Gasteiger charge is -2.71. The monoisotopic (exact) mass is 441 g/mol. The van der Waals surface area contributed by atoms with E-state index in [4.69, 9.17) is 9.47 Å². The molecule has 32 heavy (non-hydrogen) atoms. The second-order valence-electron chi connectivity index (χ2n) is 11.1. The van der Waals surface area contributed by atoms with Crippen molar-refractivity contribution in [2.75, 3.05) is 20.8 Å². The zero-order chi connectivity index (χ0) is 23.5. The number of ether oxygens (including phenoxy) is 2. The fourth-order valence-corrected chi connectivity index (χ4v) is 7.21. The van der Waals surface area contributed by atoms with Gasteiger partial charge >= 0.3 is 5.97 Å². The van der Waals surface area contributed by atoms with Crippen LogP contribution in [0, 0.1) is 16.7 Å². The summed E-state index contributed by atoms with van der Waals surface area (Å²) in [5, 5.41) is 0. The SMILES string of the molecule is CCOC(=O)C1(C(=O)CCC(C)C)C[C@]2(C)C3Cc4ccc(OC)cc4[C@]2(C)CC1N3C. The van der Waals surface area contributed by atoms with Crippen LogP contribution >= 0.6 is 0 Å². The van der Waals surface area contributed by atoms with E-state index in [-0.39, 0.29) is 34.7 Å². The maximum Gasteiger partial charge on any atom is 0.321 e. The first kappa shape index (κ1) is 23.3. The minimum Gasteiger partial charge on any atom is -0.497 e. The van der Waals surface area contributed by atoms with Crippen LogP contribution < -0.4 is 4.74 Å². The Labute approximate surface area is 192 Å². The van der Waals surface area contributed by atoms with Crippen molar-refractivity contribution in [3.63, 3.8) is 0 Å². The predicted octanol–water partition coefficient (Wildman–Crippen LogP) is 4.55. The second-order valence-corrected chi connectivity index (χ2v) is 11.1. The van der Waals surface area contributed by atoms with Crippen molar-refractivity contribution < 1.29 is 19.1 Å². The third kappa shape index (κ3) is 2.99. The normalized spacial score (nSPS) is 35.5. The molecule has 5 nitrogen and oxygen atoms in total. The van der Waals surface area contributed by atoms with Crippen LogP contribution in [0.5, 0.6) is 5.75 Å². The zero-order valence-corrected chi connectivity index (χ0v) is 20.8. The average Bonchev–Trinajstić information content (AvgIpc) is 2.75. The van der Waals surface area contributed by atoms with Gasteiger partial charge in [-0.05, 0) is 74.2 Å². The smallest absolute Gasteiger partial charge is 0.321 e. The molecule has 176 valence electrons. The molecule has 0 radical (unpaired) electrons. The van der Waals surface area contributed by atoms with Gasteiger partial charge in [-0.1, -0.05) is 33.8 Å². The molecule has 2 heterocycles. The number of rotatable bonds is 7. The van der Waals surface area contributed by atoms with Gasteiger partial charge in [-0.25, -0.2) is 0 Å². The van der Waals surface area contributed by atoms with Gasteiger partial charge in [-0.2, -0.15) is 0 Å². The maximum atomic E-state index is 13.8. The Morgan fingerprint density at radius 2 is 1.94 bits per heavy atom. The van der Waals surface area contributed by atoms with E-state index in [1.54, 1.807) is 7.11 Å². The van der Waals surface area contributed by atoms with Crippen LogP contribution in [0.3, 0.4) is 0 Å². The number of likely N-dealkylation sites (N-methyl/N-ethyl adjacent to an activating group) is 1. The molecule has 5 rings (SSSR count). The molecule has 0 aromatic heterocycles. The quantitative estimate of drug-likeness (QED) is 0.459. The molecular formula is C27H39NO4. The van der Waals surface area contributed by atoms with Gasteiger partial charge in [0.2, 0.25) is 0 Å². The molecule has 4 aliphatic rings. The van der Waals surface area contributed by atoms with E-state index in [1.807, 2.05) is 13.0 Å². The molecule has 1 aromatic rings. The number of ketones is 1. The summed E-state index contributed by atoms with van der Waals surface area (Å²) in [4.78, 5) is 29.8. The molecule has 2 aliphatic heterocycles. The van der Waals surface area contributed by atoms with E-state index >= 15 is 0 Å². The molecule has 5 atom stereocenters. The fraction of sp³-hybridized carbons (Fsp3) is 0.704. The Kier molecular flexibility index (Phi) is 5.72. The number of esters is 1. The highest BCUT2D eigenvalue weighted by Gasteiger charge is 2.73. The van der Waals surface area contributed by atoms with E-state index in [0.29, 0.717) is 25.4 Å². The number of hydrogen-bond donors (Lipinski definition) is 0. The summed E-state index contributed by atoms with van der Waals surface area (Å²) in [6.45, 7) is 11.0. The Morgan fingerprint density at radius 1 is 1.22 bits per heavy atom. The van der Waals surface area contributed by atoms with Gasteiger partial charge in [0.25, 0.3) is 0 Å². The number of benzene rings is 1. The maximum absolute atomic E-state index is 13.8. The number of fused-ring (bicyclic) bond motifs is 2. The summed E-state index contributed by atoms with van der Waals surface area (Å²) in [5.74, 6) is 1.04. The molecule has 2 aliphatic carbocycles. The van der Waals surface area contributed by atoms with Gasteiger partial charge < -0.3 is 9.47 Å². The van der Waals surface area contributed by atoms with E-state index in [9.17, 15) is 9.59 Å². The summed E-state index contributed by atoms with van der Waals surface area (Å²) in [5.41, 5.74) is 1.24. The van der Waals surface area contributed by atoms with Crippen LogP contribution in [0.15, 0.2) is 18.2 Å². The molecule has 0 N–H and O–H groups in total. The lowest BCUT2D eigenvalue weighted by Crippen LogP contribution is -2.78. The molecule has 3 unspecified atom stereocenters. The third-order valence-corrected chi connectivity index (χ3v) is 9.21. The van der Waals surface area contributed by atoms with Crippen molar-refractivity contribution in [3.05, 3.63) is 29.3 Å². The van der Waals surface area contributed by atoms with Crippen LogP contribution in [0.2, 0.25) is 0 Å². The minimum absolute atomic E-state index is 0.0691. The first-order valence-corrected chi connectivity index (χ1v) is 12.1. The van der Waals surface area contributed by atoms with E-state index < -0.39 is 5.41 Å². The molecular weight excluding hydrogens is 402 g/mol. The minimum atomic E-state index is -1.08. The Morgan fingerprint density at radius 3 is 2.56 bits per heavy atom. The van der Waals surface area contributed by atoms with Crippen molar-refractivity contribution in [2.24, 2.45) is 16.7 Å². The fourth-order valence-electron chi connectivity index (χ4n) is 7.21. The second kappa shape index (κ2) is 7.86. The van der Waals surface area contributed by atoms with Gasteiger partial charge in [-0.3, -0.25) is 14.5 Å². The Balaban J connectivity index is 1.84. The van der Waals surface area contributed by atoms with Crippen molar-refractivity contribution in [1.29, 1.82) is 0 Å². The van der Waals surface area contributed by atoms with Crippen molar-refractivity contribution >= 4 is 11.8 Å². The highest BCUT2D eigenvalue weighted by atomic mass is 16.5. The number of nitrogens with zero attached hydrogens (tertiary/aromatic N) is 1. The van der Waals surface area contributed by atoms with Gasteiger partial charge in [0.1, 0.15) is 11.2 Å². The van der Waals surface area contributed by atoms with Crippen LogP contribution in [-0.2, 0) is 26.2 Å². The van der Waals surface area contributed by atoms with Crippen molar-refractivity contribution in [2.45, 2.75) is 84.2 Å². The van der Waals surface area contributed by atoms with Gasteiger partial charge in [0, 0.05) is 23.9 Å². The first-order chi connectivity index (χ1) is 15.0. The summed E-state index contributed by atoms with van der Waals surface area (Å²) >= 11 is 0. The van der Waals surface area contributed by atoms with E-state index in [2.05, 4.69) is 51.8 Å². The van der Waals surface area contributed by atoms with Crippen LogP contribution in [0.25, 0.3) is 0 Å². The third-order valence-electron chi connectivity index (χ3n) is 9.21. The zero-order valence-electron chi connectivity index (χ0n) is 20.8. The molecule has 5 heteroatoms. The number of carbonyl (C=O) groups excluding carboxylic acids is 2. The molecule has 3 fully saturated rings. The summed E-state index contributed by atoms with van der Waals surface area (Å²) < 4.78 is 11.2. The topological polar surface area (TPSA) is 55.8 Å². The van der Waals surface area contributed by atoms with Crippen molar-refractivity contribution in [1.82, 2.24) is 4.90 Å². The van der Waals surface area contributed by atoms with Crippen molar-refractivity contribution in [3.8, 4) is 5.75 Å². The van der Waals surface area contributed by atoms with E-state index in [0.717, 1.165) is 25.0 Å². The number of methoxy groups -OCH3 is 1. The molecule has 1 aromatic carbocycles. The number of piperidine rings is 2. The lowest BCUT2D eigenvalue weighted by atomic mass is 9.39. The number of hydrogen-bond acceptors (Lipinski definition) is 5. The van der Waals surface area contributed by atoms with Crippen LogP contribution in [0.4, 0.5) is 0 Å². The van der Waals surface area contributed by atoms with Gasteiger partial charge in [0.05, 0.1) is 13.7 Å². The first-order valence-electron chi connectivity index (χ1n) is 12.1. The summed E-state index contributed by atoms with van der Waals surface area (Å²) in [7, 11) is 3.82. The Bertz CT molecular complexity index is 926. The van der Waals surface area contributed by atoms with E-state index in [1.165, 1.54) is 11.1 Å². The molecule has 4 bridgehead atoms. The average molecular weight is 442 g/mol. The molecule has 2 saturated heterocycles. The lowest BCUT2D eigenvalue weighted by molar-refractivity contribution is -0.208. The number of Topliss-reactive ketones (excluding diaryl/α,β-unsaturated/α-hetero) is 1. The highest BCUT2D eigenvalue weighted by molar-refractivity contribution is 6.05. The molecule has 1 saturated carbocycles. The van der Waals surface area contributed by atoms with Crippen LogP contribution in [0.1, 0.15) is 71.4 Å². The molecule has 0 spiro atoms. The predicted molar refractivity (Wildman–Crippen MR) is 125 cm³/mol. The number of carbonyl (C=O) groups is 2. The molecule has 0 amide bonds. The largest absolute Gasteiger partial charge is 0.497 e. The van der Waals surface area contributed by atoms with Crippen LogP contribution in [-0.4, -0.2) is 49.5 Å².